The molecule has 0 bridgehead atoms. The fourth-order valence-corrected chi connectivity index (χ4v) is 3.02. The molecule has 0 aromatic heterocycles. The monoisotopic (exact) mass is 268 g/mol. The Morgan fingerprint density at radius 3 is 2.37 bits per heavy atom. The standard InChI is InChI=1S/C17H32O2/c1-4-7-8-15(6-3)13-19-17(18)16-11-9-14(5-2)10-12-16/h14-16H,4-13H2,1-3H3. The molecule has 0 spiro atoms. The average Bonchev–Trinajstić information content (AvgIpc) is 2.47. The van der Waals surface area contributed by atoms with Crippen molar-refractivity contribution in [3.63, 3.8) is 0 Å². The maximum absolute atomic E-state index is 12.1. The van der Waals surface area contributed by atoms with E-state index in [9.17, 15) is 4.79 Å². The van der Waals surface area contributed by atoms with Gasteiger partial charge in [0, 0.05) is 0 Å². The van der Waals surface area contributed by atoms with Gasteiger partial charge in [-0.05, 0) is 43.9 Å². The summed E-state index contributed by atoms with van der Waals surface area (Å²) >= 11 is 0. The van der Waals surface area contributed by atoms with E-state index in [4.69, 9.17) is 4.74 Å². The number of carbonyl (C=O) groups excluding carboxylic acids is 1. The molecule has 1 saturated carbocycles. The Labute approximate surface area is 119 Å². The molecule has 112 valence electrons. The second kappa shape index (κ2) is 9.39. The minimum atomic E-state index is 0.0736. The van der Waals surface area contributed by atoms with Gasteiger partial charge in [-0.1, -0.05) is 46.5 Å². The van der Waals surface area contributed by atoms with E-state index in [1.54, 1.807) is 0 Å². The molecule has 0 saturated heterocycles. The maximum Gasteiger partial charge on any atom is 0.308 e. The zero-order valence-electron chi connectivity index (χ0n) is 13.1. The lowest BCUT2D eigenvalue weighted by molar-refractivity contribution is -0.151. The minimum absolute atomic E-state index is 0.0736. The Morgan fingerprint density at radius 2 is 1.84 bits per heavy atom. The van der Waals surface area contributed by atoms with Crippen LogP contribution in [-0.2, 0) is 9.53 Å². The summed E-state index contributed by atoms with van der Waals surface area (Å²) in [5.41, 5.74) is 0. The van der Waals surface area contributed by atoms with E-state index < -0.39 is 0 Å². The highest BCUT2D eigenvalue weighted by Gasteiger charge is 2.26. The van der Waals surface area contributed by atoms with E-state index in [0.717, 1.165) is 25.2 Å². The Balaban J connectivity index is 2.23. The van der Waals surface area contributed by atoms with Crippen LogP contribution in [0, 0.1) is 17.8 Å². The summed E-state index contributed by atoms with van der Waals surface area (Å²) in [6, 6.07) is 0. The summed E-state index contributed by atoms with van der Waals surface area (Å²) in [4.78, 5) is 12.1. The van der Waals surface area contributed by atoms with Crippen molar-refractivity contribution in [2.45, 2.75) is 78.6 Å². The average molecular weight is 268 g/mol. The van der Waals surface area contributed by atoms with Gasteiger partial charge in [-0.3, -0.25) is 4.79 Å². The summed E-state index contributed by atoms with van der Waals surface area (Å²) in [5, 5.41) is 0. The fourth-order valence-electron chi connectivity index (χ4n) is 3.02. The molecule has 0 aromatic carbocycles. The molecule has 0 amide bonds. The first-order valence-corrected chi connectivity index (χ1v) is 8.37. The third kappa shape index (κ3) is 5.97. The molecule has 0 aromatic rings. The first kappa shape index (κ1) is 16.5. The number of carbonyl (C=O) groups is 1. The Kier molecular flexibility index (Phi) is 8.16. The summed E-state index contributed by atoms with van der Waals surface area (Å²) in [6.45, 7) is 7.30. The molecule has 1 unspecified atom stereocenters. The van der Waals surface area contributed by atoms with E-state index in [1.807, 2.05) is 0 Å². The van der Waals surface area contributed by atoms with Crippen molar-refractivity contribution in [2.24, 2.45) is 17.8 Å². The number of ether oxygens (including phenoxy) is 1. The van der Waals surface area contributed by atoms with E-state index >= 15 is 0 Å². The highest BCUT2D eigenvalue weighted by atomic mass is 16.5. The van der Waals surface area contributed by atoms with Crippen LogP contribution in [0.5, 0.6) is 0 Å². The molecule has 0 heterocycles. The van der Waals surface area contributed by atoms with Crippen LogP contribution in [0.25, 0.3) is 0 Å². The minimum Gasteiger partial charge on any atom is -0.465 e. The summed E-state index contributed by atoms with van der Waals surface area (Å²) in [5.74, 6) is 1.67. The third-order valence-corrected chi connectivity index (χ3v) is 4.76. The third-order valence-electron chi connectivity index (χ3n) is 4.76. The topological polar surface area (TPSA) is 26.3 Å². The zero-order valence-corrected chi connectivity index (χ0v) is 13.1. The number of unbranched alkanes of at least 4 members (excludes halogenated alkanes) is 1. The number of rotatable bonds is 8. The highest BCUT2D eigenvalue weighted by molar-refractivity contribution is 5.72. The fraction of sp³-hybridized carbons (Fsp3) is 0.941. The molecule has 19 heavy (non-hydrogen) atoms. The highest BCUT2D eigenvalue weighted by Crippen LogP contribution is 2.31. The van der Waals surface area contributed by atoms with Gasteiger partial charge in [-0.15, -0.1) is 0 Å². The number of hydrogen-bond acceptors (Lipinski definition) is 2. The van der Waals surface area contributed by atoms with Crippen molar-refractivity contribution in [3.8, 4) is 0 Å². The van der Waals surface area contributed by atoms with Gasteiger partial charge in [0.2, 0.25) is 0 Å². The van der Waals surface area contributed by atoms with Crippen molar-refractivity contribution < 1.29 is 9.53 Å². The number of esters is 1. The normalized spacial score (nSPS) is 25.0. The van der Waals surface area contributed by atoms with Gasteiger partial charge in [-0.2, -0.15) is 0 Å². The second-order valence-corrected chi connectivity index (χ2v) is 6.17. The van der Waals surface area contributed by atoms with Crippen molar-refractivity contribution in [2.75, 3.05) is 6.61 Å². The van der Waals surface area contributed by atoms with Gasteiger partial charge in [0.15, 0.2) is 0 Å². The van der Waals surface area contributed by atoms with Crippen molar-refractivity contribution in [1.29, 1.82) is 0 Å². The quantitative estimate of drug-likeness (QED) is 0.581. The summed E-state index contributed by atoms with van der Waals surface area (Å²) in [7, 11) is 0. The van der Waals surface area contributed by atoms with Gasteiger partial charge in [0.05, 0.1) is 12.5 Å². The van der Waals surface area contributed by atoms with E-state index in [2.05, 4.69) is 20.8 Å². The molecule has 0 aliphatic heterocycles. The lowest BCUT2D eigenvalue weighted by atomic mass is 9.81. The molecule has 1 aliphatic rings. The van der Waals surface area contributed by atoms with Crippen molar-refractivity contribution in [3.05, 3.63) is 0 Å². The van der Waals surface area contributed by atoms with Gasteiger partial charge >= 0.3 is 5.97 Å². The molecule has 1 rings (SSSR count). The van der Waals surface area contributed by atoms with E-state index in [0.29, 0.717) is 12.5 Å². The number of hydrogen-bond donors (Lipinski definition) is 0. The van der Waals surface area contributed by atoms with Gasteiger partial charge < -0.3 is 4.74 Å². The molecule has 0 radical (unpaired) electrons. The van der Waals surface area contributed by atoms with Gasteiger partial charge in [0.25, 0.3) is 0 Å². The Morgan fingerprint density at radius 1 is 1.16 bits per heavy atom. The second-order valence-electron chi connectivity index (χ2n) is 6.17. The molecule has 1 atom stereocenters. The van der Waals surface area contributed by atoms with E-state index in [1.165, 1.54) is 38.5 Å². The smallest absolute Gasteiger partial charge is 0.308 e. The van der Waals surface area contributed by atoms with Crippen LogP contribution in [0.1, 0.15) is 78.6 Å². The van der Waals surface area contributed by atoms with Crippen LogP contribution >= 0.6 is 0 Å². The lowest BCUT2D eigenvalue weighted by Gasteiger charge is -2.27. The Bertz CT molecular complexity index is 242. The molecular weight excluding hydrogens is 236 g/mol. The lowest BCUT2D eigenvalue weighted by Crippen LogP contribution is -2.25. The van der Waals surface area contributed by atoms with Crippen molar-refractivity contribution >= 4 is 5.97 Å². The predicted octanol–water partition coefficient (Wildman–Crippen LogP) is 4.96. The molecular formula is C17H32O2. The van der Waals surface area contributed by atoms with Crippen molar-refractivity contribution in [1.82, 2.24) is 0 Å². The van der Waals surface area contributed by atoms with Gasteiger partial charge in [0.1, 0.15) is 0 Å². The largest absolute Gasteiger partial charge is 0.465 e. The summed E-state index contributed by atoms with van der Waals surface area (Å²) < 4.78 is 5.56. The van der Waals surface area contributed by atoms with Crippen LogP contribution in [0.3, 0.4) is 0 Å². The molecule has 1 fully saturated rings. The van der Waals surface area contributed by atoms with Crippen LogP contribution < -0.4 is 0 Å². The molecule has 2 heteroatoms. The zero-order chi connectivity index (χ0) is 14.1. The Hall–Kier alpha value is -0.530. The van der Waals surface area contributed by atoms with Gasteiger partial charge in [-0.25, -0.2) is 0 Å². The first-order chi connectivity index (χ1) is 9.21. The first-order valence-electron chi connectivity index (χ1n) is 8.37. The SMILES string of the molecule is CCCCC(CC)COC(=O)C1CCC(CC)CC1. The molecule has 0 N–H and O–H groups in total. The van der Waals surface area contributed by atoms with E-state index in [-0.39, 0.29) is 11.9 Å². The molecule has 2 nitrogen and oxygen atoms in total. The predicted molar refractivity (Wildman–Crippen MR) is 80.0 cm³/mol. The van der Waals surface area contributed by atoms with Crippen LogP contribution in [0.2, 0.25) is 0 Å². The van der Waals surface area contributed by atoms with Crippen LogP contribution in [-0.4, -0.2) is 12.6 Å². The summed E-state index contributed by atoms with van der Waals surface area (Å²) in [6.07, 6.45) is 10.6. The van der Waals surface area contributed by atoms with Crippen LogP contribution in [0.4, 0.5) is 0 Å². The van der Waals surface area contributed by atoms with Crippen LogP contribution in [0.15, 0.2) is 0 Å². The molecule has 1 aliphatic carbocycles. The maximum atomic E-state index is 12.1.